The van der Waals surface area contributed by atoms with Crippen LogP contribution < -0.4 is 5.32 Å². The quantitative estimate of drug-likeness (QED) is 0.331. The van der Waals surface area contributed by atoms with Crippen molar-refractivity contribution in [1.82, 2.24) is 10.2 Å². The van der Waals surface area contributed by atoms with Gasteiger partial charge in [-0.2, -0.15) is 13.2 Å². The van der Waals surface area contributed by atoms with Gasteiger partial charge in [-0.15, -0.1) is 10.2 Å². The van der Waals surface area contributed by atoms with Crippen molar-refractivity contribution in [3.63, 3.8) is 0 Å². The van der Waals surface area contributed by atoms with E-state index in [1.54, 1.807) is 0 Å². The molecule has 0 aromatic carbocycles. The van der Waals surface area contributed by atoms with Crippen LogP contribution in [-0.4, -0.2) is 58.8 Å². The topological polar surface area (TPSA) is 81.2 Å². The molecule has 7 nitrogen and oxygen atoms in total. The van der Waals surface area contributed by atoms with Crippen molar-refractivity contribution in [2.75, 3.05) is 31.5 Å². The van der Waals surface area contributed by atoms with Crippen molar-refractivity contribution in [3.8, 4) is 0 Å². The number of allylic oxidation sites excluding steroid dienone is 3. The van der Waals surface area contributed by atoms with Crippen LogP contribution in [0.2, 0.25) is 0 Å². The van der Waals surface area contributed by atoms with Crippen LogP contribution in [0, 0.1) is 11.3 Å². The second-order valence-electron chi connectivity index (χ2n) is 11.1. The van der Waals surface area contributed by atoms with E-state index in [2.05, 4.69) is 27.7 Å². The highest BCUT2D eigenvalue weighted by Crippen LogP contribution is 2.46. The Bertz CT molecular complexity index is 1070. The minimum Gasteiger partial charge on any atom is -0.455 e. The van der Waals surface area contributed by atoms with Gasteiger partial charge in [-0.1, -0.05) is 43.9 Å². The summed E-state index contributed by atoms with van der Waals surface area (Å²) >= 11 is 0. The molecule has 3 aliphatic heterocycles. The van der Waals surface area contributed by atoms with Crippen molar-refractivity contribution in [1.29, 1.82) is 0 Å². The Hall–Kier alpha value is -2.75. The fourth-order valence-electron chi connectivity index (χ4n) is 6.65. The van der Waals surface area contributed by atoms with Gasteiger partial charge in [-0.25, -0.2) is 0 Å². The largest absolute Gasteiger partial charge is 0.455 e. The fraction of sp³-hybridized carbons (Fsp3) is 0.630. The average Bonchev–Trinajstić information content (AvgIpc) is 3.29. The Morgan fingerprint density at radius 2 is 1.81 bits per heavy atom. The Balaban J connectivity index is 1.24. The second kappa shape index (κ2) is 10.2. The van der Waals surface area contributed by atoms with Crippen LogP contribution in [0.15, 0.2) is 35.9 Å². The van der Waals surface area contributed by atoms with E-state index in [9.17, 15) is 22.8 Å². The number of nitrogens with zero attached hydrogens (tertiary/aromatic N) is 3. The molecule has 0 radical (unpaired) electrons. The van der Waals surface area contributed by atoms with Crippen molar-refractivity contribution in [2.45, 2.75) is 70.1 Å². The van der Waals surface area contributed by atoms with Gasteiger partial charge in [0.15, 0.2) is 24.2 Å². The number of anilines is 1. The number of ether oxygens (including phenoxy) is 1. The lowest BCUT2D eigenvalue weighted by atomic mass is 9.73. The van der Waals surface area contributed by atoms with Crippen LogP contribution in [0.4, 0.5) is 19.0 Å². The van der Waals surface area contributed by atoms with Gasteiger partial charge in [0, 0.05) is 18.8 Å². The number of rotatable bonds is 6. The summed E-state index contributed by atoms with van der Waals surface area (Å²) in [7, 11) is 0. The lowest BCUT2D eigenvalue weighted by molar-refractivity contribution is -0.939. The summed E-state index contributed by atoms with van der Waals surface area (Å²) in [6.45, 7) is 2.36. The molecule has 200 valence electrons. The number of fused-ring (bicyclic) bond motifs is 3. The standard InChI is InChI=1S/C27H33F3N4O3/c28-27(29,30)22-9-10-23(33-32-22)31-24(35)18-34-15-11-19(12-16-34)21(17-34)37-25(36)26(20-7-3-4-8-20)13-5-1-2-6-14-26/h3-4,7,9-10,19,21H,1-2,5-6,8,11-18H2/p+1/t19?,21-,34?/m0/s1. The van der Waals surface area contributed by atoms with E-state index in [0.29, 0.717) is 16.9 Å². The number of carbonyl (C=O) groups is 2. The van der Waals surface area contributed by atoms with Crippen LogP contribution >= 0.6 is 0 Å². The molecule has 0 spiro atoms. The Morgan fingerprint density at radius 3 is 2.41 bits per heavy atom. The number of hydrogen-bond acceptors (Lipinski definition) is 5. The summed E-state index contributed by atoms with van der Waals surface area (Å²) in [5.74, 6) is -0.154. The maximum absolute atomic E-state index is 13.8. The summed E-state index contributed by atoms with van der Waals surface area (Å²) in [6.07, 6.45) is 9.93. The SMILES string of the molecule is O=C(C[N+]12CCC(CC1)[C@@H](OC(=O)C1(C3=CC=CC3)CCCCCC1)C2)Nc1ccc(C(F)(F)F)nn1. The Morgan fingerprint density at radius 1 is 1.08 bits per heavy atom. The first kappa shape index (κ1) is 25.9. The molecule has 3 saturated heterocycles. The molecule has 2 aliphatic carbocycles. The van der Waals surface area contributed by atoms with E-state index < -0.39 is 17.3 Å². The van der Waals surface area contributed by atoms with Crippen molar-refractivity contribution in [3.05, 3.63) is 41.6 Å². The number of amides is 1. The maximum Gasteiger partial charge on any atom is 0.435 e. The van der Waals surface area contributed by atoms with Gasteiger partial charge < -0.3 is 14.5 Å². The van der Waals surface area contributed by atoms with Crippen molar-refractivity contribution < 1.29 is 32.0 Å². The highest BCUT2D eigenvalue weighted by Gasteiger charge is 2.51. The van der Waals surface area contributed by atoms with Crippen LogP contribution in [0.1, 0.15) is 63.5 Å². The van der Waals surface area contributed by atoms with E-state index in [4.69, 9.17) is 4.74 Å². The van der Waals surface area contributed by atoms with Gasteiger partial charge in [0.25, 0.3) is 5.91 Å². The number of quaternary nitrogens is 1. The first-order valence-corrected chi connectivity index (χ1v) is 13.3. The number of aromatic nitrogens is 2. The van der Waals surface area contributed by atoms with Crippen LogP contribution in [0.25, 0.3) is 0 Å². The fourth-order valence-corrected chi connectivity index (χ4v) is 6.65. The predicted octanol–water partition coefficient (Wildman–Crippen LogP) is 4.81. The molecule has 0 unspecified atom stereocenters. The molecule has 10 heteroatoms. The first-order chi connectivity index (χ1) is 17.7. The van der Waals surface area contributed by atoms with E-state index in [-0.39, 0.29) is 30.3 Å². The van der Waals surface area contributed by atoms with Crippen LogP contribution in [0.3, 0.4) is 0 Å². The highest BCUT2D eigenvalue weighted by atomic mass is 19.4. The maximum atomic E-state index is 13.8. The van der Waals surface area contributed by atoms with E-state index in [1.807, 2.05) is 6.08 Å². The molecule has 1 saturated carbocycles. The van der Waals surface area contributed by atoms with Gasteiger partial charge in [0.05, 0.1) is 18.5 Å². The minimum absolute atomic E-state index is 0.0140. The molecular formula is C27H34F3N4O3+. The Labute approximate surface area is 214 Å². The second-order valence-corrected chi connectivity index (χ2v) is 11.1. The number of carbonyl (C=O) groups excluding carboxylic acids is 2. The zero-order valence-electron chi connectivity index (χ0n) is 20.9. The molecule has 4 fully saturated rings. The Kier molecular flexibility index (Phi) is 7.13. The molecule has 5 aliphatic rings. The van der Waals surface area contributed by atoms with Gasteiger partial charge in [-0.3, -0.25) is 9.59 Å². The normalized spacial score (nSPS) is 28.9. The van der Waals surface area contributed by atoms with Gasteiger partial charge >= 0.3 is 12.1 Å². The number of esters is 1. The zero-order chi connectivity index (χ0) is 26.1. The molecule has 1 aromatic rings. The summed E-state index contributed by atoms with van der Waals surface area (Å²) < 4.78 is 45.0. The third kappa shape index (κ3) is 5.44. The van der Waals surface area contributed by atoms with Gasteiger partial charge in [0.2, 0.25) is 0 Å². The van der Waals surface area contributed by atoms with Crippen LogP contribution in [0.5, 0.6) is 0 Å². The number of alkyl halides is 3. The summed E-state index contributed by atoms with van der Waals surface area (Å²) in [5.41, 5.74) is -0.484. The van der Waals surface area contributed by atoms with E-state index in [1.165, 1.54) is 5.57 Å². The summed E-state index contributed by atoms with van der Waals surface area (Å²) in [6, 6.07) is 1.91. The molecule has 2 bridgehead atoms. The number of hydrogen-bond donors (Lipinski definition) is 1. The zero-order valence-corrected chi connectivity index (χ0v) is 20.9. The van der Waals surface area contributed by atoms with E-state index in [0.717, 1.165) is 83.0 Å². The smallest absolute Gasteiger partial charge is 0.435 e. The number of nitrogens with one attached hydrogen (secondary N) is 1. The van der Waals surface area contributed by atoms with Gasteiger partial charge in [-0.05, 0) is 37.0 Å². The number of piperidine rings is 3. The highest BCUT2D eigenvalue weighted by molar-refractivity contribution is 5.90. The molecule has 1 N–H and O–H groups in total. The van der Waals surface area contributed by atoms with Crippen LogP contribution in [-0.2, 0) is 20.5 Å². The molecule has 1 amide bonds. The third-order valence-electron chi connectivity index (χ3n) is 8.74. The molecule has 1 atom stereocenters. The summed E-state index contributed by atoms with van der Waals surface area (Å²) in [5, 5.41) is 9.26. The molecule has 6 rings (SSSR count). The average molecular weight is 520 g/mol. The molecular weight excluding hydrogens is 485 g/mol. The molecule has 37 heavy (non-hydrogen) atoms. The van der Waals surface area contributed by atoms with E-state index >= 15 is 0 Å². The monoisotopic (exact) mass is 519 g/mol. The minimum atomic E-state index is -4.58. The molecule has 4 heterocycles. The third-order valence-corrected chi connectivity index (χ3v) is 8.74. The summed E-state index contributed by atoms with van der Waals surface area (Å²) in [4.78, 5) is 26.6. The molecule has 1 aromatic heterocycles. The lowest BCUT2D eigenvalue weighted by Crippen LogP contribution is -2.66. The number of halogens is 3. The lowest BCUT2D eigenvalue weighted by Gasteiger charge is -2.52. The van der Waals surface area contributed by atoms with Crippen molar-refractivity contribution >= 4 is 17.7 Å². The van der Waals surface area contributed by atoms with Gasteiger partial charge in [0.1, 0.15) is 6.54 Å². The first-order valence-electron chi connectivity index (χ1n) is 13.3. The van der Waals surface area contributed by atoms with Crippen molar-refractivity contribution in [2.24, 2.45) is 11.3 Å². The predicted molar refractivity (Wildman–Crippen MR) is 130 cm³/mol.